The predicted octanol–water partition coefficient (Wildman–Crippen LogP) is 2.96. The average molecular weight is 254 g/mol. The molecule has 0 aliphatic heterocycles. The number of aryl methyl sites for hydroxylation is 1. The van der Waals surface area contributed by atoms with Crippen LogP contribution in [-0.2, 0) is 4.79 Å². The van der Waals surface area contributed by atoms with Crippen LogP contribution in [0.25, 0.3) is 0 Å². The number of ketones is 1. The number of aliphatic imine (C=N–C) groups is 1. The Morgan fingerprint density at radius 3 is 2.32 bits per heavy atom. The Kier molecular flexibility index (Phi) is 3.65. The van der Waals surface area contributed by atoms with Crippen LogP contribution in [0.1, 0.15) is 30.9 Å². The molecule has 0 unspecified atom stereocenters. The third-order valence-corrected chi connectivity index (χ3v) is 3.04. The predicted molar refractivity (Wildman–Crippen MR) is 75.1 cm³/mol. The first-order valence-corrected chi connectivity index (χ1v) is 6.27. The van der Waals surface area contributed by atoms with Crippen LogP contribution in [0.3, 0.4) is 0 Å². The Morgan fingerprint density at radius 2 is 1.74 bits per heavy atom. The Balaban J connectivity index is 2.43. The first kappa shape index (κ1) is 13.3. The highest BCUT2D eigenvalue weighted by Crippen LogP contribution is 2.31. The minimum atomic E-state index is -0.0338. The molecular formula is C16H16NO2-. The van der Waals surface area contributed by atoms with E-state index in [0.717, 1.165) is 22.5 Å². The smallest absolute Gasteiger partial charge is 0.178 e. The molecule has 2 rings (SSSR count). The van der Waals surface area contributed by atoms with Crippen molar-refractivity contribution in [1.29, 1.82) is 0 Å². The number of benzene rings is 1. The molecule has 0 amide bonds. The molecule has 0 radical (unpaired) electrons. The van der Waals surface area contributed by atoms with Gasteiger partial charge in [-0.25, -0.2) is 4.99 Å². The highest BCUT2D eigenvalue weighted by molar-refractivity contribution is 6.17. The Labute approximate surface area is 113 Å². The van der Waals surface area contributed by atoms with Crippen LogP contribution < -0.4 is 5.11 Å². The third-order valence-electron chi connectivity index (χ3n) is 3.04. The lowest BCUT2D eigenvalue weighted by molar-refractivity contribution is -0.269. The van der Waals surface area contributed by atoms with E-state index in [0.29, 0.717) is 0 Å². The molecule has 0 saturated carbocycles. The second kappa shape index (κ2) is 5.22. The monoisotopic (exact) mass is 254 g/mol. The normalized spacial score (nSPS) is 14.3. The number of nitrogens with zero attached hydrogens (tertiary/aromatic N) is 1. The molecule has 0 aromatic heterocycles. The van der Waals surface area contributed by atoms with E-state index in [1.165, 1.54) is 12.2 Å². The second-order valence-corrected chi connectivity index (χ2v) is 4.94. The van der Waals surface area contributed by atoms with Gasteiger partial charge in [0.1, 0.15) is 0 Å². The number of carbonyl (C=O) groups excluding carboxylic acids is 1. The summed E-state index contributed by atoms with van der Waals surface area (Å²) in [6, 6.07) is 3.46. The van der Waals surface area contributed by atoms with Gasteiger partial charge in [-0.05, 0) is 48.8 Å². The summed E-state index contributed by atoms with van der Waals surface area (Å²) >= 11 is 0. The van der Waals surface area contributed by atoms with Crippen LogP contribution in [0.4, 0.5) is 5.69 Å². The molecule has 0 heterocycles. The Morgan fingerprint density at radius 1 is 1.11 bits per heavy atom. The number of rotatable bonds is 2. The van der Waals surface area contributed by atoms with Gasteiger partial charge in [-0.15, -0.1) is 5.75 Å². The topological polar surface area (TPSA) is 52.5 Å². The minimum absolute atomic E-state index is 0.0338. The lowest BCUT2D eigenvalue weighted by atomic mass is 9.99. The van der Waals surface area contributed by atoms with Gasteiger partial charge in [-0.3, -0.25) is 4.79 Å². The number of hydrogen-bond donors (Lipinski definition) is 0. The van der Waals surface area contributed by atoms with E-state index >= 15 is 0 Å². The molecule has 19 heavy (non-hydrogen) atoms. The summed E-state index contributed by atoms with van der Waals surface area (Å²) < 4.78 is 0. The van der Waals surface area contributed by atoms with E-state index in [9.17, 15) is 9.90 Å². The number of allylic oxidation sites excluding steroid dienone is 4. The molecule has 0 saturated heterocycles. The van der Waals surface area contributed by atoms with Gasteiger partial charge in [0, 0.05) is 0 Å². The van der Waals surface area contributed by atoms with Crippen molar-refractivity contribution in [3.8, 4) is 5.75 Å². The van der Waals surface area contributed by atoms with Crippen molar-refractivity contribution in [2.45, 2.75) is 26.7 Å². The van der Waals surface area contributed by atoms with Crippen LogP contribution in [0.5, 0.6) is 5.75 Å². The molecule has 98 valence electrons. The van der Waals surface area contributed by atoms with Crippen LogP contribution in [0.2, 0.25) is 0 Å². The summed E-state index contributed by atoms with van der Waals surface area (Å²) in [7, 11) is 0. The maximum atomic E-state index is 11.8. The van der Waals surface area contributed by atoms with E-state index < -0.39 is 0 Å². The van der Waals surface area contributed by atoms with Crippen molar-refractivity contribution in [2.75, 3.05) is 0 Å². The summed E-state index contributed by atoms with van der Waals surface area (Å²) in [4.78, 5) is 15.5. The Bertz CT molecular complexity index is 589. The quantitative estimate of drug-likeness (QED) is 0.762. The Hall–Kier alpha value is -2.16. The van der Waals surface area contributed by atoms with Gasteiger partial charge < -0.3 is 5.11 Å². The molecule has 0 spiro atoms. The zero-order chi connectivity index (χ0) is 14.0. The van der Waals surface area contributed by atoms with Crippen molar-refractivity contribution < 1.29 is 9.90 Å². The molecule has 1 aromatic carbocycles. The maximum absolute atomic E-state index is 11.8. The van der Waals surface area contributed by atoms with E-state index in [2.05, 4.69) is 4.99 Å². The second-order valence-electron chi connectivity index (χ2n) is 4.94. The summed E-state index contributed by atoms with van der Waals surface area (Å²) in [5.74, 6) is 0.195. The average Bonchev–Trinajstić information content (AvgIpc) is 2.34. The molecule has 0 N–H and O–H groups in total. The van der Waals surface area contributed by atoms with Crippen LogP contribution in [0, 0.1) is 6.92 Å². The zero-order valence-electron chi connectivity index (χ0n) is 11.3. The number of carbonyl (C=O) groups is 1. The minimum Gasteiger partial charge on any atom is -0.872 e. The van der Waals surface area contributed by atoms with Crippen molar-refractivity contribution in [1.82, 2.24) is 0 Å². The molecule has 1 aliphatic rings. The lowest BCUT2D eigenvalue weighted by Gasteiger charge is -2.19. The molecular weight excluding hydrogens is 238 g/mol. The fourth-order valence-electron chi connectivity index (χ4n) is 1.92. The van der Waals surface area contributed by atoms with Crippen molar-refractivity contribution >= 4 is 17.2 Å². The molecule has 0 fully saturated rings. The van der Waals surface area contributed by atoms with E-state index in [1.54, 1.807) is 18.2 Å². The van der Waals surface area contributed by atoms with Gasteiger partial charge in [0.25, 0.3) is 0 Å². The summed E-state index contributed by atoms with van der Waals surface area (Å²) in [5, 5.41) is 11.8. The summed E-state index contributed by atoms with van der Waals surface area (Å²) in [5.41, 5.74) is 3.11. The van der Waals surface area contributed by atoms with Crippen LogP contribution in [0.15, 0.2) is 41.4 Å². The lowest BCUT2D eigenvalue weighted by Crippen LogP contribution is -2.01. The first-order valence-electron chi connectivity index (χ1n) is 6.27. The van der Waals surface area contributed by atoms with E-state index in [1.807, 2.05) is 26.8 Å². The van der Waals surface area contributed by atoms with E-state index in [4.69, 9.17) is 0 Å². The van der Waals surface area contributed by atoms with Crippen LogP contribution in [-0.4, -0.2) is 11.5 Å². The van der Waals surface area contributed by atoms with Crippen LogP contribution >= 0.6 is 0 Å². The summed E-state index contributed by atoms with van der Waals surface area (Å²) in [6.07, 6.45) is 6.34. The molecule has 1 aromatic rings. The molecule has 0 bridgehead atoms. The summed E-state index contributed by atoms with van der Waals surface area (Å²) in [6.45, 7) is 5.84. The van der Waals surface area contributed by atoms with Crippen molar-refractivity contribution in [3.05, 3.63) is 47.6 Å². The van der Waals surface area contributed by atoms with Gasteiger partial charge in [0.2, 0.25) is 0 Å². The fourth-order valence-corrected chi connectivity index (χ4v) is 1.92. The van der Waals surface area contributed by atoms with Gasteiger partial charge in [0.15, 0.2) is 5.78 Å². The zero-order valence-corrected chi connectivity index (χ0v) is 11.3. The molecule has 1 aliphatic carbocycles. The molecule has 3 heteroatoms. The largest absolute Gasteiger partial charge is 0.872 e. The standard InChI is InChI=1S/C16H17NO2/c1-10(2)14-9-15(11(3)8-16(14)19)17-12-4-6-13(18)7-5-12/h4-10,19H,1-3H3/p-1. The molecule has 0 atom stereocenters. The maximum Gasteiger partial charge on any atom is 0.178 e. The fraction of sp³-hybridized carbons (Fsp3) is 0.250. The van der Waals surface area contributed by atoms with Gasteiger partial charge in [0.05, 0.1) is 11.4 Å². The molecule has 3 nitrogen and oxygen atoms in total. The van der Waals surface area contributed by atoms with Crippen molar-refractivity contribution in [3.63, 3.8) is 0 Å². The van der Waals surface area contributed by atoms with E-state index in [-0.39, 0.29) is 17.5 Å². The SMILES string of the molecule is Cc1cc([O-])c(C(C)C)cc1N=C1C=CC(=O)C=C1. The van der Waals surface area contributed by atoms with Gasteiger partial charge in [-0.2, -0.15) is 0 Å². The third kappa shape index (κ3) is 2.99. The van der Waals surface area contributed by atoms with Crippen molar-refractivity contribution in [2.24, 2.45) is 4.99 Å². The number of hydrogen-bond acceptors (Lipinski definition) is 3. The first-order chi connectivity index (χ1) is 8.97. The van der Waals surface area contributed by atoms with Gasteiger partial charge in [-0.1, -0.05) is 25.5 Å². The highest BCUT2D eigenvalue weighted by Gasteiger charge is 2.06. The highest BCUT2D eigenvalue weighted by atomic mass is 16.3. The van der Waals surface area contributed by atoms with Gasteiger partial charge >= 0.3 is 0 Å².